The monoisotopic (exact) mass is 425 g/mol. The molecule has 1 amide bonds. The quantitative estimate of drug-likeness (QED) is 0.748. The van der Waals surface area contributed by atoms with E-state index < -0.39 is 11.9 Å². The number of alkyl halides is 3. The Bertz CT molecular complexity index is 921. The Balaban J connectivity index is 1.44. The SMILES string of the molecule is O=C1NC(O)SC1CC1CCc2cc(Oc3cccc(OC(F)(F)F)c3)ccc21. The maximum Gasteiger partial charge on any atom is 0.573 e. The van der Waals surface area contributed by atoms with Gasteiger partial charge in [-0.3, -0.25) is 4.79 Å². The minimum Gasteiger partial charge on any atom is -0.457 e. The van der Waals surface area contributed by atoms with Crippen LogP contribution < -0.4 is 14.8 Å². The van der Waals surface area contributed by atoms with Gasteiger partial charge in [-0.1, -0.05) is 23.9 Å². The Morgan fingerprint density at radius 1 is 1.14 bits per heavy atom. The molecule has 1 heterocycles. The molecular formula is C20H18F3NO4S. The summed E-state index contributed by atoms with van der Waals surface area (Å²) in [5.41, 5.74) is 1.39. The third-order valence-electron chi connectivity index (χ3n) is 4.94. The molecule has 0 aromatic heterocycles. The van der Waals surface area contributed by atoms with Crippen LogP contribution in [0, 0.1) is 0 Å². The Kier molecular flexibility index (Phi) is 5.35. The highest BCUT2D eigenvalue weighted by atomic mass is 32.2. The van der Waals surface area contributed by atoms with Crippen molar-refractivity contribution in [1.82, 2.24) is 5.32 Å². The van der Waals surface area contributed by atoms with Gasteiger partial charge in [-0.05, 0) is 60.6 Å². The summed E-state index contributed by atoms with van der Waals surface area (Å²) in [6.45, 7) is 0. The van der Waals surface area contributed by atoms with E-state index >= 15 is 0 Å². The van der Waals surface area contributed by atoms with Gasteiger partial charge in [-0.2, -0.15) is 0 Å². The molecule has 3 unspecified atom stereocenters. The molecule has 154 valence electrons. The van der Waals surface area contributed by atoms with Gasteiger partial charge < -0.3 is 19.9 Å². The maximum absolute atomic E-state index is 12.4. The fourth-order valence-electron chi connectivity index (χ4n) is 3.75. The summed E-state index contributed by atoms with van der Waals surface area (Å²) in [6.07, 6.45) is -2.38. The summed E-state index contributed by atoms with van der Waals surface area (Å²) in [6, 6.07) is 11.0. The number of halogens is 3. The normalized spacial score (nSPS) is 23.6. The number of benzene rings is 2. The van der Waals surface area contributed by atoms with E-state index in [-0.39, 0.29) is 28.6 Å². The first kappa shape index (κ1) is 19.9. The lowest BCUT2D eigenvalue weighted by Crippen LogP contribution is -2.27. The largest absolute Gasteiger partial charge is 0.573 e. The van der Waals surface area contributed by atoms with Crippen LogP contribution in [0.4, 0.5) is 13.2 Å². The van der Waals surface area contributed by atoms with Gasteiger partial charge >= 0.3 is 6.36 Å². The van der Waals surface area contributed by atoms with Crippen molar-refractivity contribution >= 4 is 17.7 Å². The van der Waals surface area contributed by atoms with Crippen LogP contribution >= 0.6 is 11.8 Å². The van der Waals surface area contributed by atoms with E-state index in [1.54, 1.807) is 12.1 Å². The smallest absolute Gasteiger partial charge is 0.457 e. The molecular weight excluding hydrogens is 407 g/mol. The lowest BCUT2D eigenvalue weighted by atomic mass is 9.95. The summed E-state index contributed by atoms with van der Waals surface area (Å²) < 4.78 is 46.7. The molecule has 29 heavy (non-hydrogen) atoms. The Labute approximate surface area is 169 Å². The molecule has 1 saturated heterocycles. The first-order chi connectivity index (χ1) is 13.8. The van der Waals surface area contributed by atoms with Gasteiger partial charge in [0.2, 0.25) is 5.91 Å². The average molecular weight is 425 g/mol. The third kappa shape index (κ3) is 4.79. The zero-order valence-electron chi connectivity index (χ0n) is 15.1. The zero-order valence-corrected chi connectivity index (χ0v) is 15.9. The highest BCUT2D eigenvalue weighted by molar-refractivity contribution is 8.01. The van der Waals surface area contributed by atoms with Gasteiger partial charge in [0.25, 0.3) is 0 Å². The second-order valence-electron chi connectivity index (χ2n) is 6.94. The van der Waals surface area contributed by atoms with Gasteiger partial charge in [0.05, 0.1) is 5.25 Å². The van der Waals surface area contributed by atoms with Crippen molar-refractivity contribution in [3.8, 4) is 17.2 Å². The molecule has 2 aliphatic rings. The van der Waals surface area contributed by atoms with E-state index in [2.05, 4.69) is 10.1 Å². The topological polar surface area (TPSA) is 67.8 Å². The number of thioether (sulfide) groups is 1. The number of aliphatic hydroxyl groups is 1. The number of rotatable bonds is 5. The summed E-state index contributed by atoms with van der Waals surface area (Å²) in [7, 11) is 0. The van der Waals surface area contributed by atoms with Crippen molar-refractivity contribution in [2.24, 2.45) is 0 Å². The fourth-order valence-corrected chi connectivity index (χ4v) is 4.78. The van der Waals surface area contributed by atoms with Crippen molar-refractivity contribution in [2.45, 2.75) is 42.4 Å². The number of aryl methyl sites for hydroxylation is 1. The van der Waals surface area contributed by atoms with Crippen LogP contribution in [0.5, 0.6) is 17.2 Å². The maximum atomic E-state index is 12.4. The van der Waals surface area contributed by atoms with Crippen LogP contribution in [0.3, 0.4) is 0 Å². The first-order valence-corrected chi connectivity index (χ1v) is 10.0. The minimum absolute atomic E-state index is 0.142. The van der Waals surface area contributed by atoms with Gasteiger partial charge in [0.1, 0.15) is 17.2 Å². The molecule has 3 atom stereocenters. The molecule has 2 aromatic rings. The zero-order chi connectivity index (χ0) is 20.6. The predicted octanol–water partition coefficient (Wildman–Crippen LogP) is 4.30. The number of nitrogens with one attached hydrogen (secondary N) is 1. The van der Waals surface area contributed by atoms with E-state index in [1.807, 2.05) is 12.1 Å². The van der Waals surface area contributed by atoms with Gasteiger partial charge in [0, 0.05) is 6.07 Å². The minimum atomic E-state index is -4.76. The molecule has 5 nitrogen and oxygen atoms in total. The Hall–Kier alpha value is -2.39. The summed E-state index contributed by atoms with van der Waals surface area (Å²) >= 11 is 1.22. The molecule has 0 spiro atoms. The highest BCUT2D eigenvalue weighted by Crippen LogP contribution is 2.41. The van der Waals surface area contributed by atoms with Crippen LogP contribution in [0.1, 0.15) is 29.9 Å². The van der Waals surface area contributed by atoms with Crippen molar-refractivity contribution < 1.29 is 32.5 Å². The molecule has 0 radical (unpaired) electrons. The lowest BCUT2D eigenvalue weighted by molar-refractivity contribution is -0.274. The van der Waals surface area contributed by atoms with Crippen molar-refractivity contribution in [2.75, 3.05) is 0 Å². The molecule has 2 N–H and O–H groups in total. The number of carbonyl (C=O) groups excluding carboxylic acids is 1. The number of ether oxygens (including phenoxy) is 2. The number of aliphatic hydroxyl groups excluding tert-OH is 1. The van der Waals surface area contributed by atoms with Gasteiger partial charge in [-0.25, -0.2) is 0 Å². The van der Waals surface area contributed by atoms with Crippen LogP contribution in [-0.2, 0) is 11.2 Å². The summed E-state index contributed by atoms with van der Waals surface area (Å²) in [5, 5.41) is 11.8. The molecule has 0 saturated carbocycles. The molecule has 9 heteroatoms. The molecule has 0 bridgehead atoms. The molecule has 2 aromatic carbocycles. The standard InChI is InChI=1S/C20H18F3NO4S/c21-20(22,23)28-15-3-1-2-13(10-15)27-14-6-7-16-11(8-14)4-5-12(16)9-17-18(25)24-19(26)29-17/h1-3,6-8,10,12,17,19,26H,4-5,9H2,(H,24,25). The van der Waals surface area contributed by atoms with Crippen molar-refractivity contribution in [1.29, 1.82) is 0 Å². The van der Waals surface area contributed by atoms with E-state index in [0.29, 0.717) is 12.2 Å². The first-order valence-electron chi connectivity index (χ1n) is 9.07. The van der Waals surface area contributed by atoms with E-state index in [0.717, 1.165) is 24.0 Å². The highest BCUT2D eigenvalue weighted by Gasteiger charge is 2.35. The second-order valence-corrected chi connectivity index (χ2v) is 8.23. The molecule has 1 aliphatic heterocycles. The predicted molar refractivity (Wildman–Crippen MR) is 101 cm³/mol. The number of hydrogen-bond acceptors (Lipinski definition) is 5. The average Bonchev–Trinajstić information content (AvgIpc) is 3.16. The van der Waals surface area contributed by atoms with Gasteiger partial charge in [-0.15, -0.1) is 13.2 Å². The fraction of sp³-hybridized carbons (Fsp3) is 0.350. The third-order valence-corrected chi connectivity index (χ3v) is 6.05. The number of amides is 1. The Morgan fingerprint density at radius 2 is 1.90 bits per heavy atom. The summed E-state index contributed by atoms with van der Waals surface area (Å²) in [5.74, 6) is 0.505. The van der Waals surface area contributed by atoms with Crippen LogP contribution in [0.2, 0.25) is 0 Å². The van der Waals surface area contributed by atoms with Crippen LogP contribution in [0.15, 0.2) is 42.5 Å². The van der Waals surface area contributed by atoms with E-state index in [4.69, 9.17) is 4.74 Å². The number of hydrogen-bond donors (Lipinski definition) is 2. The number of carbonyl (C=O) groups is 1. The molecule has 1 fully saturated rings. The molecule has 1 aliphatic carbocycles. The summed E-state index contributed by atoms with van der Waals surface area (Å²) in [4.78, 5) is 11.9. The Morgan fingerprint density at radius 3 is 2.62 bits per heavy atom. The second kappa shape index (κ2) is 7.79. The van der Waals surface area contributed by atoms with Crippen molar-refractivity contribution in [3.05, 3.63) is 53.6 Å². The van der Waals surface area contributed by atoms with E-state index in [9.17, 15) is 23.1 Å². The van der Waals surface area contributed by atoms with Gasteiger partial charge in [0.15, 0.2) is 5.56 Å². The van der Waals surface area contributed by atoms with Crippen LogP contribution in [0.25, 0.3) is 0 Å². The van der Waals surface area contributed by atoms with Crippen LogP contribution in [-0.4, -0.2) is 28.2 Å². The van der Waals surface area contributed by atoms with E-state index in [1.165, 1.54) is 30.0 Å². The number of fused-ring (bicyclic) bond motifs is 1. The molecule has 4 rings (SSSR count). The van der Waals surface area contributed by atoms with Crippen molar-refractivity contribution in [3.63, 3.8) is 0 Å². The lowest BCUT2D eigenvalue weighted by Gasteiger charge is -2.15.